The first-order chi connectivity index (χ1) is 9.86. The lowest BCUT2D eigenvalue weighted by Crippen LogP contribution is -2.22. The van der Waals surface area contributed by atoms with E-state index in [9.17, 15) is 13.2 Å². The van der Waals surface area contributed by atoms with E-state index in [2.05, 4.69) is 20.4 Å². The first-order valence-electron chi connectivity index (χ1n) is 6.48. The summed E-state index contributed by atoms with van der Waals surface area (Å²) in [7, 11) is 0. The number of nitrogens with one attached hydrogen (secondary N) is 1. The van der Waals surface area contributed by atoms with Gasteiger partial charge in [0.05, 0.1) is 11.9 Å². The molecule has 8 heteroatoms. The van der Waals surface area contributed by atoms with Gasteiger partial charge in [0.15, 0.2) is 0 Å². The van der Waals surface area contributed by atoms with Gasteiger partial charge in [0.2, 0.25) is 0 Å². The molecule has 1 atom stereocenters. The highest BCUT2D eigenvalue weighted by molar-refractivity contribution is 5.29. The van der Waals surface area contributed by atoms with E-state index in [0.717, 1.165) is 10.7 Å². The molecule has 0 aliphatic carbocycles. The number of rotatable bonds is 5. The number of halogens is 3. The summed E-state index contributed by atoms with van der Waals surface area (Å²) < 4.78 is 39.6. The van der Waals surface area contributed by atoms with Gasteiger partial charge in [-0.25, -0.2) is 4.98 Å². The minimum Gasteiger partial charge on any atom is -0.368 e. The van der Waals surface area contributed by atoms with E-state index in [0.29, 0.717) is 18.1 Å². The molecule has 0 saturated carbocycles. The van der Waals surface area contributed by atoms with Crippen LogP contribution in [0.3, 0.4) is 0 Å². The zero-order valence-corrected chi connectivity index (χ0v) is 11.7. The quantitative estimate of drug-likeness (QED) is 0.922. The van der Waals surface area contributed by atoms with Gasteiger partial charge in [0, 0.05) is 25.5 Å². The van der Waals surface area contributed by atoms with Crippen molar-refractivity contribution in [3.63, 3.8) is 0 Å². The second-order valence-corrected chi connectivity index (χ2v) is 4.93. The van der Waals surface area contributed by atoms with Gasteiger partial charge in [-0.15, -0.1) is 0 Å². The topological polar surface area (TPSA) is 55.6 Å². The predicted octanol–water partition coefficient (Wildman–Crippen LogP) is 2.75. The van der Waals surface area contributed by atoms with Gasteiger partial charge in [-0.05, 0) is 18.9 Å². The van der Waals surface area contributed by atoms with Gasteiger partial charge in [0.1, 0.15) is 11.5 Å². The Labute approximate surface area is 120 Å². The van der Waals surface area contributed by atoms with Crippen molar-refractivity contribution in [2.45, 2.75) is 26.6 Å². The molecular weight excluding hydrogens is 283 g/mol. The number of aromatic nitrogens is 4. The van der Waals surface area contributed by atoms with Crippen molar-refractivity contribution in [2.75, 3.05) is 11.9 Å². The highest BCUT2D eigenvalue weighted by Gasteiger charge is 2.35. The molecule has 0 aromatic carbocycles. The number of hydrogen-bond donors (Lipinski definition) is 1. The third-order valence-corrected chi connectivity index (χ3v) is 2.87. The van der Waals surface area contributed by atoms with Gasteiger partial charge in [-0.3, -0.25) is 9.67 Å². The molecule has 0 aliphatic heterocycles. The van der Waals surface area contributed by atoms with Crippen molar-refractivity contribution in [2.24, 2.45) is 5.92 Å². The number of alkyl halides is 3. The Morgan fingerprint density at radius 1 is 1.33 bits per heavy atom. The Morgan fingerprint density at radius 3 is 2.71 bits per heavy atom. The van der Waals surface area contributed by atoms with E-state index in [1.165, 1.54) is 0 Å². The minimum absolute atomic E-state index is 0.0487. The highest BCUT2D eigenvalue weighted by atomic mass is 19.4. The number of hydrogen-bond acceptors (Lipinski definition) is 4. The summed E-state index contributed by atoms with van der Waals surface area (Å²) in [5.41, 5.74) is -0.359. The molecule has 0 amide bonds. The second kappa shape index (κ2) is 6.11. The van der Waals surface area contributed by atoms with Crippen LogP contribution in [0, 0.1) is 12.8 Å². The average Bonchev–Trinajstić information content (AvgIpc) is 2.78. The Morgan fingerprint density at radius 2 is 2.10 bits per heavy atom. The van der Waals surface area contributed by atoms with Gasteiger partial charge < -0.3 is 5.32 Å². The maximum atomic E-state index is 12.9. The van der Waals surface area contributed by atoms with Crippen molar-refractivity contribution in [1.82, 2.24) is 19.7 Å². The van der Waals surface area contributed by atoms with Crippen LogP contribution in [0.15, 0.2) is 24.7 Å². The Bertz CT molecular complexity index is 579. The smallest absolute Gasteiger partial charge is 0.368 e. The standard InChI is InChI=1S/C13H16F3N5/c1-9(6-19-12-7-17-3-4-18-12)8-21-11(13(14,15)16)5-10(2)20-21/h3-5,7,9H,6,8H2,1-2H3,(H,18,19)/t9-/m0/s1. The summed E-state index contributed by atoms with van der Waals surface area (Å²) >= 11 is 0. The second-order valence-electron chi connectivity index (χ2n) is 4.93. The first kappa shape index (κ1) is 15.3. The minimum atomic E-state index is -4.39. The number of anilines is 1. The van der Waals surface area contributed by atoms with E-state index in [1.807, 2.05) is 6.92 Å². The number of aryl methyl sites for hydroxylation is 1. The van der Waals surface area contributed by atoms with Crippen LogP contribution in [0.2, 0.25) is 0 Å². The number of nitrogens with zero attached hydrogens (tertiary/aromatic N) is 4. The molecule has 5 nitrogen and oxygen atoms in total. The van der Waals surface area contributed by atoms with Crippen molar-refractivity contribution >= 4 is 5.82 Å². The van der Waals surface area contributed by atoms with Gasteiger partial charge >= 0.3 is 6.18 Å². The molecule has 0 bridgehead atoms. The zero-order valence-electron chi connectivity index (χ0n) is 11.7. The van der Waals surface area contributed by atoms with Crippen LogP contribution in [0.5, 0.6) is 0 Å². The predicted molar refractivity (Wildman–Crippen MR) is 71.7 cm³/mol. The maximum Gasteiger partial charge on any atom is 0.433 e. The summed E-state index contributed by atoms with van der Waals surface area (Å²) in [6, 6.07) is 1.06. The van der Waals surface area contributed by atoms with Crippen LogP contribution in [0.1, 0.15) is 18.3 Å². The van der Waals surface area contributed by atoms with Crippen molar-refractivity contribution in [1.29, 1.82) is 0 Å². The van der Waals surface area contributed by atoms with Crippen molar-refractivity contribution in [3.05, 3.63) is 36.0 Å². The Balaban J connectivity index is 1.98. The van der Waals surface area contributed by atoms with Crippen LogP contribution in [0.4, 0.5) is 19.0 Å². The van der Waals surface area contributed by atoms with Crippen LogP contribution in [0.25, 0.3) is 0 Å². The molecule has 2 rings (SSSR count). The zero-order chi connectivity index (χ0) is 15.5. The van der Waals surface area contributed by atoms with Gasteiger partial charge in [-0.1, -0.05) is 6.92 Å². The van der Waals surface area contributed by atoms with E-state index in [1.54, 1.807) is 25.5 Å². The van der Waals surface area contributed by atoms with Crippen molar-refractivity contribution in [3.8, 4) is 0 Å². The lowest BCUT2D eigenvalue weighted by molar-refractivity contribution is -0.144. The summed E-state index contributed by atoms with van der Waals surface area (Å²) in [6.45, 7) is 4.06. The monoisotopic (exact) mass is 299 g/mol. The van der Waals surface area contributed by atoms with E-state index in [4.69, 9.17) is 0 Å². The van der Waals surface area contributed by atoms with Crippen LogP contribution < -0.4 is 5.32 Å². The van der Waals surface area contributed by atoms with E-state index in [-0.39, 0.29) is 12.5 Å². The van der Waals surface area contributed by atoms with Crippen LogP contribution in [-0.2, 0) is 12.7 Å². The Hall–Kier alpha value is -2.12. The fourth-order valence-corrected chi connectivity index (χ4v) is 1.94. The fourth-order valence-electron chi connectivity index (χ4n) is 1.94. The Kier molecular flexibility index (Phi) is 4.44. The molecular formula is C13H16F3N5. The summed E-state index contributed by atoms with van der Waals surface area (Å²) in [5.74, 6) is 0.546. The van der Waals surface area contributed by atoms with Crippen LogP contribution in [-0.4, -0.2) is 26.3 Å². The summed E-state index contributed by atoms with van der Waals surface area (Å²) in [5, 5.41) is 6.95. The lowest BCUT2D eigenvalue weighted by Gasteiger charge is -2.16. The maximum absolute atomic E-state index is 12.9. The molecule has 2 heterocycles. The molecule has 0 spiro atoms. The molecule has 0 fully saturated rings. The third-order valence-electron chi connectivity index (χ3n) is 2.87. The molecule has 0 aliphatic rings. The fraction of sp³-hybridized carbons (Fsp3) is 0.462. The molecule has 2 aromatic heterocycles. The summed E-state index contributed by atoms with van der Waals surface area (Å²) in [4.78, 5) is 7.95. The molecule has 0 radical (unpaired) electrons. The lowest BCUT2D eigenvalue weighted by atomic mass is 10.2. The van der Waals surface area contributed by atoms with E-state index >= 15 is 0 Å². The molecule has 2 aromatic rings. The van der Waals surface area contributed by atoms with Crippen LogP contribution >= 0.6 is 0 Å². The van der Waals surface area contributed by atoms with Gasteiger partial charge in [-0.2, -0.15) is 18.3 Å². The van der Waals surface area contributed by atoms with E-state index < -0.39 is 11.9 Å². The third kappa shape index (κ3) is 4.17. The molecule has 114 valence electrons. The normalized spacial score (nSPS) is 13.2. The SMILES string of the molecule is Cc1cc(C(F)(F)F)n(C[C@@H](C)CNc2cnccn2)n1. The molecule has 1 N–H and O–H groups in total. The molecule has 0 saturated heterocycles. The summed E-state index contributed by atoms with van der Waals surface area (Å²) in [6.07, 6.45) is 0.271. The largest absolute Gasteiger partial charge is 0.433 e. The first-order valence-corrected chi connectivity index (χ1v) is 6.48. The average molecular weight is 299 g/mol. The molecule has 0 unspecified atom stereocenters. The van der Waals surface area contributed by atoms with Crippen molar-refractivity contribution < 1.29 is 13.2 Å². The highest BCUT2D eigenvalue weighted by Crippen LogP contribution is 2.30. The molecule has 21 heavy (non-hydrogen) atoms. The van der Waals surface area contributed by atoms with Gasteiger partial charge in [0.25, 0.3) is 0 Å².